The van der Waals surface area contributed by atoms with Gasteiger partial charge in [0, 0.05) is 14.5 Å². The fourth-order valence-corrected chi connectivity index (χ4v) is 2.77. The van der Waals surface area contributed by atoms with Gasteiger partial charge in [0.1, 0.15) is 23.5 Å². The first-order valence-electron chi connectivity index (χ1n) is 6.18. The summed E-state index contributed by atoms with van der Waals surface area (Å²) in [5, 5.41) is 10.4. The normalized spacial score (nSPS) is 12.3. The lowest BCUT2D eigenvalue weighted by atomic mass is 9.99. The zero-order chi connectivity index (χ0) is 15.6. The third-order valence-corrected chi connectivity index (χ3v) is 3.83. The van der Waals surface area contributed by atoms with Crippen molar-refractivity contribution in [2.45, 2.75) is 13.0 Å². The molecule has 0 bridgehead atoms. The molecule has 0 aliphatic rings. The Bertz CT molecular complexity index is 639. The van der Waals surface area contributed by atoms with E-state index >= 15 is 0 Å². The third kappa shape index (κ3) is 3.62. The van der Waals surface area contributed by atoms with Crippen LogP contribution in [0.5, 0.6) is 5.75 Å². The zero-order valence-corrected chi connectivity index (χ0v) is 14.2. The van der Waals surface area contributed by atoms with Gasteiger partial charge in [-0.3, -0.25) is 0 Å². The maximum Gasteiger partial charge on any atom is 0.133 e. The zero-order valence-electron chi connectivity index (χ0n) is 11.0. The fourth-order valence-electron chi connectivity index (χ4n) is 1.99. The molecule has 0 fully saturated rings. The van der Waals surface area contributed by atoms with Crippen LogP contribution >= 0.6 is 31.9 Å². The smallest absolute Gasteiger partial charge is 0.133 e. The Labute approximate surface area is 138 Å². The van der Waals surface area contributed by atoms with Crippen molar-refractivity contribution in [1.29, 1.82) is 0 Å². The van der Waals surface area contributed by atoms with Gasteiger partial charge in [0.2, 0.25) is 0 Å². The minimum Gasteiger partial charge on any atom is -0.493 e. The Morgan fingerprint density at radius 2 is 1.71 bits per heavy atom. The summed E-state index contributed by atoms with van der Waals surface area (Å²) in [6.07, 6.45) is -1.46. The molecule has 21 heavy (non-hydrogen) atoms. The van der Waals surface area contributed by atoms with Crippen molar-refractivity contribution in [2.24, 2.45) is 0 Å². The lowest BCUT2D eigenvalue weighted by Crippen LogP contribution is -2.08. The maximum absolute atomic E-state index is 14.0. The molecular weight excluding hydrogens is 410 g/mol. The fraction of sp³-hybridized carbons (Fsp3) is 0.200. The monoisotopic (exact) mass is 420 g/mol. The van der Waals surface area contributed by atoms with Crippen molar-refractivity contribution in [3.63, 3.8) is 0 Å². The number of hydrogen-bond acceptors (Lipinski definition) is 2. The molecule has 0 saturated heterocycles. The van der Waals surface area contributed by atoms with Gasteiger partial charge < -0.3 is 9.84 Å². The van der Waals surface area contributed by atoms with Crippen LogP contribution < -0.4 is 4.74 Å². The van der Waals surface area contributed by atoms with Crippen molar-refractivity contribution in [3.8, 4) is 5.75 Å². The summed E-state index contributed by atoms with van der Waals surface area (Å²) < 4.78 is 34.3. The van der Waals surface area contributed by atoms with Gasteiger partial charge in [-0.2, -0.15) is 0 Å². The van der Waals surface area contributed by atoms with Crippen LogP contribution in [0.1, 0.15) is 24.2 Å². The van der Waals surface area contributed by atoms with E-state index in [4.69, 9.17) is 4.74 Å². The minimum absolute atomic E-state index is 0.271. The highest BCUT2D eigenvalue weighted by Gasteiger charge is 2.23. The van der Waals surface area contributed by atoms with Crippen molar-refractivity contribution in [2.75, 3.05) is 6.61 Å². The molecule has 0 aliphatic heterocycles. The summed E-state index contributed by atoms with van der Waals surface area (Å²) in [7, 11) is 0. The van der Waals surface area contributed by atoms with Gasteiger partial charge in [-0.05, 0) is 37.3 Å². The van der Waals surface area contributed by atoms with Gasteiger partial charge in [-0.15, -0.1) is 0 Å². The molecular formula is C15H12Br2F2O2. The number of ether oxygens (including phenoxy) is 1. The van der Waals surface area contributed by atoms with Gasteiger partial charge in [-0.1, -0.05) is 31.9 Å². The summed E-state index contributed by atoms with van der Waals surface area (Å²) in [5.41, 5.74) is -0.108. The average molecular weight is 422 g/mol. The Morgan fingerprint density at radius 3 is 2.29 bits per heavy atom. The predicted octanol–water partition coefficient (Wildman–Crippen LogP) is 4.97. The number of rotatable bonds is 4. The lowest BCUT2D eigenvalue weighted by molar-refractivity contribution is 0.201. The van der Waals surface area contributed by atoms with E-state index in [0.717, 1.165) is 12.1 Å². The van der Waals surface area contributed by atoms with Crippen molar-refractivity contribution in [3.05, 3.63) is 62.0 Å². The van der Waals surface area contributed by atoms with Gasteiger partial charge in [0.05, 0.1) is 12.2 Å². The lowest BCUT2D eigenvalue weighted by Gasteiger charge is -2.18. The summed E-state index contributed by atoms with van der Waals surface area (Å²) in [6.45, 7) is 2.17. The topological polar surface area (TPSA) is 29.5 Å². The van der Waals surface area contributed by atoms with Crippen molar-refractivity contribution in [1.82, 2.24) is 0 Å². The second kappa shape index (κ2) is 6.85. The molecule has 2 rings (SSSR count). The quantitative estimate of drug-likeness (QED) is 0.755. The maximum atomic E-state index is 14.0. The van der Waals surface area contributed by atoms with Crippen LogP contribution in [0.25, 0.3) is 0 Å². The molecule has 6 heteroatoms. The van der Waals surface area contributed by atoms with Crippen LogP contribution in [0.3, 0.4) is 0 Å². The first kappa shape index (κ1) is 16.4. The molecule has 0 radical (unpaired) electrons. The molecule has 112 valence electrons. The van der Waals surface area contributed by atoms with Gasteiger partial charge in [0.25, 0.3) is 0 Å². The molecule has 0 aliphatic carbocycles. The van der Waals surface area contributed by atoms with Gasteiger partial charge >= 0.3 is 0 Å². The molecule has 1 N–H and O–H groups in total. The molecule has 0 saturated carbocycles. The first-order chi connectivity index (χ1) is 9.93. The van der Waals surface area contributed by atoms with Gasteiger partial charge in [0.15, 0.2) is 0 Å². The summed E-state index contributed by atoms with van der Waals surface area (Å²) in [4.78, 5) is 0. The molecule has 2 nitrogen and oxygen atoms in total. The molecule has 0 aromatic heterocycles. The highest BCUT2D eigenvalue weighted by atomic mass is 79.9. The first-order valence-corrected chi connectivity index (χ1v) is 7.77. The second-order valence-corrected chi connectivity index (χ2v) is 6.13. The Kier molecular flexibility index (Phi) is 5.35. The van der Waals surface area contributed by atoms with E-state index in [0.29, 0.717) is 22.4 Å². The highest BCUT2D eigenvalue weighted by molar-refractivity contribution is 9.10. The van der Waals surface area contributed by atoms with Crippen LogP contribution in [0.15, 0.2) is 39.3 Å². The number of benzene rings is 2. The number of halogens is 4. The van der Waals surface area contributed by atoms with Crippen LogP contribution in [0, 0.1) is 11.6 Å². The van der Waals surface area contributed by atoms with Crippen LogP contribution in [0.2, 0.25) is 0 Å². The number of aliphatic hydroxyl groups is 1. The molecule has 2 aromatic carbocycles. The summed E-state index contributed by atoms with van der Waals surface area (Å²) in [6, 6.07) is 7.17. The SMILES string of the molecule is CCOc1ccc(Br)cc1C(O)c1c(F)cc(Br)cc1F. The van der Waals surface area contributed by atoms with Crippen LogP contribution in [-0.2, 0) is 0 Å². The van der Waals surface area contributed by atoms with Crippen molar-refractivity contribution >= 4 is 31.9 Å². The van der Waals surface area contributed by atoms with E-state index in [1.807, 2.05) is 0 Å². The van der Waals surface area contributed by atoms with E-state index in [-0.39, 0.29) is 4.47 Å². The standard InChI is InChI=1S/C15H12Br2F2O2/c1-2-21-13-4-3-8(16)5-10(13)15(20)14-11(18)6-9(17)7-12(14)19/h3-7,15,20H,2H2,1H3. The Balaban J connectivity index is 2.54. The van der Waals surface area contributed by atoms with Crippen LogP contribution in [0.4, 0.5) is 8.78 Å². The second-order valence-electron chi connectivity index (χ2n) is 4.30. The largest absolute Gasteiger partial charge is 0.493 e. The molecule has 2 aromatic rings. The predicted molar refractivity (Wildman–Crippen MR) is 83.4 cm³/mol. The molecule has 0 heterocycles. The van der Waals surface area contributed by atoms with Crippen molar-refractivity contribution < 1.29 is 18.6 Å². The average Bonchev–Trinajstić information content (AvgIpc) is 2.39. The molecule has 0 amide bonds. The molecule has 0 spiro atoms. The van der Waals surface area contributed by atoms with E-state index in [1.54, 1.807) is 25.1 Å². The molecule has 1 unspecified atom stereocenters. The van der Waals surface area contributed by atoms with Crippen LogP contribution in [-0.4, -0.2) is 11.7 Å². The highest BCUT2D eigenvalue weighted by Crippen LogP contribution is 2.35. The van der Waals surface area contributed by atoms with E-state index in [2.05, 4.69) is 31.9 Å². The molecule has 1 atom stereocenters. The Morgan fingerprint density at radius 1 is 1.10 bits per heavy atom. The van der Waals surface area contributed by atoms with E-state index < -0.39 is 23.3 Å². The summed E-state index contributed by atoms with van der Waals surface area (Å²) in [5.74, 6) is -1.26. The Hall–Kier alpha value is -0.980. The minimum atomic E-state index is -1.46. The number of hydrogen-bond donors (Lipinski definition) is 1. The third-order valence-electron chi connectivity index (χ3n) is 2.88. The number of aliphatic hydroxyl groups excluding tert-OH is 1. The van der Waals surface area contributed by atoms with E-state index in [9.17, 15) is 13.9 Å². The summed E-state index contributed by atoms with van der Waals surface area (Å²) >= 11 is 6.28. The van der Waals surface area contributed by atoms with Gasteiger partial charge in [-0.25, -0.2) is 8.78 Å². The van der Waals surface area contributed by atoms with E-state index in [1.165, 1.54) is 0 Å².